The van der Waals surface area contributed by atoms with Crippen LogP contribution in [0.3, 0.4) is 0 Å². The predicted molar refractivity (Wildman–Crippen MR) is 76.1 cm³/mol. The minimum Gasteiger partial charge on any atom is -0.454 e. The van der Waals surface area contributed by atoms with Crippen LogP contribution in [0.5, 0.6) is 11.5 Å². The van der Waals surface area contributed by atoms with Crippen molar-refractivity contribution in [2.45, 2.75) is 38.1 Å². The summed E-state index contributed by atoms with van der Waals surface area (Å²) in [6, 6.07) is 5.95. The fourth-order valence-corrected chi connectivity index (χ4v) is 2.67. The molecule has 0 bridgehead atoms. The molecule has 1 aromatic rings. The van der Waals surface area contributed by atoms with Crippen LogP contribution in [0.15, 0.2) is 18.2 Å². The molecular weight excluding hydrogens is 256 g/mol. The number of ether oxygens (including phenoxy) is 2. The van der Waals surface area contributed by atoms with Gasteiger partial charge in [-0.2, -0.15) is 0 Å². The van der Waals surface area contributed by atoms with Gasteiger partial charge in [0.1, 0.15) is 0 Å². The minimum atomic E-state index is 0.0521. The number of fused-ring (bicyclic) bond motifs is 1. The van der Waals surface area contributed by atoms with Gasteiger partial charge >= 0.3 is 0 Å². The molecule has 0 spiro atoms. The molecule has 20 heavy (non-hydrogen) atoms. The Morgan fingerprint density at radius 2 is 2.20 bits per heavy atom. The van der Waals surface area contributed by atoms with E-state index in [0.29, 0.717) is 18.2 Å². The summed E-state index contributed by atoms with van der Waals surface area (Å²) in [6.07, 6.45) is 5.14. The molecule has 1 amide bonds. The summed E-state index contributed by atoms with van der Waals surface area (Å²) in [5.74, 6) is 1.47. The first kappa shape index (κ1) is 13.2. The highest BCUT2D eigenvalue weighted by Gasteiger charge is 2.16. The molecule has 0 aromatic heterocycles. The number of rotatable bonds is 4. The van der Waals surface area contributed by atoms with Gasteiger partial charge in [-0.25, -0.2) is 0 Å². The molecule has 108 valence electrons. The van der Waals surface area contributed by atoms with Gasteiger partial charge in [0.25, 0.3) is 0 Å². The second-order valence-electron chi connectivity index (χ2n) is 5.30. The van der Waals surface area contributed by atoms with Crippen molar-refractivity contribution in [2.75, 3.05) is 18.7 Å². The normalized spacial score (nSPS) is 20.7. The number of carbonyl (C=O) groups excluding carboxylic acids is 1. The number of piperidine rings is 1. The van der Waals surface area contributed by atoms with Crippen LogP contribution < -0.4 is 20.1 Å². The number of amides is 1. The Kier molecular flexibility index (Phi) is 4.06. The number of benzene rings is 1. The average Bonchev–Trinajstić information content (AvgIpc) is 2.94. The lowest BCUT2D eigenvalue weighted by Crippen LogP contribution is -2.34. The van der Waals surface area contributed by atoms with Gasteiger partial charge in [0.05, 0.1) is 0 Å². The van der Waals surface area contributed by atoms with Gasteiger partial charge < -0.3 is 20.1 Å². The van der Waals surface area contributed by atoms with E-state index in [9.17, 15) is 4.79 Å². The topological polar surface area (TPSA) is 59.6 Å². The van der Waals surface area contributed by atoms with Crippen molar-refractivity contribution in [3.8, 4) is 11.5 Å². The van der Waals surface area contributed by atoms with Gasteiger partial charge in [-0.1, -0.05) is 6.42 Å². The number of hydrogen-bond acceptors (Lipinski definition) is 4. The van der Waals surface area contributed by atoms with E-state index in [-0.39, 0.29) is 12.7 Å². The Morgan fingerprint density at radius 3 is 3.05 bits per heavy atom. The number of carbonyl (C=O) groups is 1. The molecule has 1 fully saturated rings. The van der Waals surface area contributed by atoms with Gasteiger partial charge in [-0.05, 0) is 37.9 Å². The molecule has 2 aliphatic heterocycles. The third-order valence-corrected chi connectivity index (χ3v) is 3.79. The van der Waals surface area contributed by atoms with E-state index in [1.54, 1.807) is 6.07 Å². The summed E-state index contributed by atoms with van der Waals surface area (Å²) >= 11 is 0. The van der Waals surface area contributed by atoms with Gasteiger partial charge in [-0.3, -0.25) is 4.79 Å². The van der Waals surface area contributed by atoms with Crippen LogP contribution in [0, 0.1) is 0 Å². The van der Waals surface area contributed by atoms with Crippen LogP contribution in [-0.4, -0.2) is 25.3 Å². The minimum absolute atomic E-state index is 0.0521. The molecule has 1 aromatic carbocycles. The highest BCUT2D eigenvalue weighted by atomic mass is 16.7. The zero-order chi connectivity index (χ0) is 13.8. The molecule has 1 saturated heterocycles. The molecule has 0 aliphatic carbocycles. The third kappa shape index (κ3) is 3.22. The maximum Gasteiger partial charge on any atom is 0.231 e. The Labute approximate surface area is 118 Å². The maximum atomic E-state index is 11.9. The van der Waals surface area contributed by atoms with E-state index in [0.717, 1.165) is 24.4 Å². The fraction of sp³-hybridized carbons (Fsp3) is 0.533. The largest absolute Gasteiger partial charge is 0.454 e. The van der Waals surface area contributed by atoms with E-state index in [4.69, 9.17) is 9.47 Å². The van der Waals surface area contributed by atoms with Crippen molar-refractivity contribution >= 4 is 11.6 Å². The monoisotopic (exact) mass is 276 g/mol. The highest BCUT2D eigenvalue weighted by Crippen LogP contribution is 2.34. The lowest BCUT2D eigenvalue weighted by atomic mass is 10.0. The number of nitrogens with one attached hydrogen (secondary N) is 2. The molecule has 0 radical (unpaired) electrons. The van der Waals surface area contributed by atoms with E-state index in [1.807, 2.05) is 12.1 Å². The number of anilines is 1. The van der Waals surface area contributed by atoms with Crippen molar-refractivity contribution in [3.63, 3.8) is 0 Å². The van der Waals surface area contributed by atoms with Crippen LogP contribution in [0.4, 0.5) is 5.69 Å². The standard InChI is InChI=1S/C15H20N2O3/c18-15(7-5-11-3-1-2-8-16-11)17-12-4-6-13-14(9-12)20-10-19-13/h4,6,9,11,16H,1-3,5,7-8,10H2,(H,17,18). The summed E-state index contributed by atoms with van der Waals surface area (Å²) < 4.78 is 10.5. The molecule has 3 rings (SSSR count). The quantitative estimate of drug-likeness (QED) is 0.885. The molecular formula is C15H20N2O3. The molecule has 2 aliphatic rings. The van der Waals surface area contributed by atoms with E-state index < -0.39 is 0 Å². The zero-order valence-electron chi connectivity index (χ0n) is 11.5. The first-order valence-electron chi connectivity index (χ1n) is 7.24. The van der Waals surface area contributed by atoms with Crippen molar-refractivity contribution in [1.82, 2.24) is 5.32 Å². The van der Waals surface area contributed by atoms with E-state index in [1.165, 1.54) is 19.3 Å². The summed E-state index contributed by atoms with van der Waals surface area (Å²) in [6.45, 7) is 1.33. The van der Waals surface area contributed by atoms with Gasteiger partial charge in [0.15, 0.2) is 11.5 Å². The summed E-state index contributed by atoms with van der Waals surface area (Å²) in [7, 11) is 0. The lowest BCUT2D eigenvalue weighted by Gasteiger charge is -2.23. The Morgan fingerprint density at radius 1 is 1.30 bits per heavy atom. The third-order valence-electron chi connectivity index (χ3n) is 3.79. The average molecular weight is 276 g/mol. The van der Waals surface area contributed by atoms with Crippen molar-refractivity contribution in [3.05, 3.63) is 18.2 Å². The fourth-order valence-electron chi connectivity index (χ4n) is 2.67. The second-order valence-corrected chi connectivity index (χ2v) is 5.30. The molecule has 0 saturated carbocycles. The molecule has 2 N–H and O–H groups in total. The molecule has 1 atom stereocenters. The van der Waals surface area contributed by atoms with Crippen LogP contribution in [0.1, 0.15) is 32.1 Å². The van der Waals surface area contributed by atoms with Crippen molar-refractivity contribution < 1.29 is 14.3 Å². The predicted octanol–water partition coefficient (Wildman–Crippen LogP) is 2.28. The zero-order valence-corrected chi connectivity index (χ0v) is 11.5. The maximum absolute atomic E-state index is 11.9. The van der Waals surface area contributed by atoms with Crippen LogP contribution in [-0.2, 0) is 4.79 Å². The smallest absolute Gasteiger partial charge is 0.231 e. The van der Waals surface area contributed by atoms with Crippen LogP contribution in [0.25, 0.3) is 0 Å². The molecule has 1 unspecified atom stereocenters. The SMILES string of the molecule is O=C(CCC1CCCCN1)Nc1ccc2c(c1)OCO2. The Bertz CT molecular complexity index is 484. The first-order chi connectivity index (χ1) is 9.81. The number of hydrogen-bond donors (Lipinski definition) is 2. The van der Waals surface area contributed by atoms with Crippen LogP contribution >= 0.6 is 0 Å². The molecule has 2 heterocycles. The summed E-state index contributed by atoms with van der Waals surface area (Å²) in [5, 5.41) is 6.36. The van der Waals surface area contributed by atoms with Crippen LogP contribution in [0.2, 0.25) is 0 Å². The summed E-state index contributed by atoms with van der Waals surface area (Å²) in [5.41, 5.74) is 0.760. The van der Waals surface area contributed by atoms with Gasteiger partial charge in [-0.15, -0.1) is 0 Å². The molecule has 5 heteroatoms. The second kappa shape index (κ2) is 6.13. The lowest BCUT2D eigenvalue weighted by molar-refractivity contribution is -0.116. The summed E-state index contributed by atoms with van der Waals surface area (Å²) in [4.78, 5) is 11.9. The highest BCUT2D eigenvalue weighted by molar-refractivity contribution is 5.91. The van der Waals surface area contributed by atoms with E-state index >= 15 is 0 Å². The van der Waals surface area contributed by atoms with Crippen molar-refractivity contribution in [1.29, 1.82) is 0 Å². The van der Waals surface area contributed by atoms with E-state index in [2.05, 4.69) is 10.6 Å². The van der Waals surface area contributed by atoms with Gasteiger partial charge in [0.2, 0.25) is 12.7 Å². The Balaban J connectivity index is 1.48. The molecule has 5 nitrogen and oxygen atoms in total. The Hall–Kier alpha value is -1.75. The van der Waals surface area contributed by atoms with Crippen molar-refractivity contribution in [2.24, 2.45) is 0 Å². The first-order valence-corrected chi connectivity index (χ1v) is 7.24. The van der Waals surface area contributed by atoms with Gasteiger partial charge in [0, 0.05) is 24.2 Å².